The third kappa shape index (κ3) is 1.99. The number of ether oxygens (including phenoxy) is 1. The van der Waals surface area contributed by atoms with Crippen molar-refractivity contribution >= 4 is 0 Å². The van der Waals surface area contributed by atoms with E-state index in [4.69, 9.17) is 4.74 Å². The molecule has 0 spiro atoms. The fourth-order valence-corrected chi connectivity index (χ4v) is 2.03. The molecule has 0 amide bonds. The first-order valence-corrected chi connectivity index (χ1v) is 5.68. The van der Waals surface area contributed by atoms with Gasteiger partial charge in [0, 0.05) is 24.0 Å². The van der Waals surface area contributed by atoms with Gasteiger partial charge < -0.3 is 14.4 Å². The number of rotatable bonds is 3. The molecule has 1 aromatic carbocycles. The number of halogens is 1. The normalized spacial score (nSPS) is 10.7. The maximum Gasteiger partial charge on any atom is 0.165 e. The quantitative estimate of drug-likeness (QED) is 0.907. The predicted octanol–water partition coefficient (Wildman–Crippen LogP) is 2.64. The van der Waals surface area contributed by atoms with Gasteiger partial charge in [0.25, 0.3) is 0 Å². The Bertz CT molecular complexity index is 575. The average Bonchev–Trinajstić information content (AvgIpc) is 2.66. The zero-order valence-electron chi connectivity index (χ0n) is 10.7. The van der Waals surface area contributed by atoms with E-state index >= 15 is 0 Å². The van der Waals surface area contributed by atoms with E-state index < -0.39 is 0 Å². The molecule has 1 heterocycles. The van der Waals surface area contributed by atoms with Gasteiger partial charge in [-0.25, -0.2) is 4.39 Å². The number of aliphatic hydroxyl groups excluding tert-OH is 1. The van der Waals surface area contributed by atoms with Crippen molar-refractivity contribution in [3.05, 3.63) is 41.3 Å². The van der Waals surface area contributed by atoms with Gasteiger partial charge in [-0.15, -0.1) is 0 Å². The number of hydrogen-bond donors (Lipinski definition) is 1. The summed E-state index contributed by atoms with van der Waals surface area (Å²) in [6.07, 6.45) is 0. The van der Waals surface area contributed by atoms with Gasteiger partial charge in [-0.2, -0.15) is 0 Å². The van der Waals surface area contributed by atoms with E-state index in [-0.39, 0.29) is 18.2 Å². The van der Waals surface area contributed by atoms with Crippen molar-refractivity contribution in [2.75, 3.05) is 7.11 Å². The highest BCUT2D eigenvalue weighted by molar-refractivity contribution is 5.63. The monoisotopic (exact) mass is 249 g/mol. The van der Waals surface area contributed by atoms with E-state index in [9.17, 15) is 9.50 Å². The summed E-state index contributed by atoms with van der Waals surface area (Å²) in [6.45, 7) is 1.91. The summed E-state index contributed by atoms with van der Waals surface area (Å²) >= 11 is 0. The molecule has 2 rings (SSSR count). The van der Waals surface area contributed by atoms with Crippen LogP contribution in [0.25, 0.3) is 11.3 Å². The van der Waals surface area contributed by atoms with Crippen molar-refractivity contribution in [1.82, 2.24) is 4.57 Å². The van der Waals surface area contributed by atoms with Crippen LogP contribution in [0.1, 0.15) is 11.3 Å². The molecule has 0 radical (unpaired) electrons. The van der Waals surface area contributed by atoms with Crippen LogP contribution < -0.4 is 4.74 Å². The molecule has 1 aromatic heterocycles. The molecule has 0 aliphatic rings. The van der Waals surface area contributed by atoms with Crippen LogP contribution in [0.5, 0.6) is 5.75 Å². The SMILES string of the molecule is COc1ccc(-c2cc(CO)c(C)n2C)cc1F. The minimum atomic E-state index is -0.389. The Morgan fingerprint density at radius 3 is 2.56 bits per heavy atom. The van der Waals surface area contributed by atoms with Gasteiger partial charge in [0.2, 0.25) is 0 Å². The van der Waals surface area contributed by atoms with Gasteiger partial charge in [-0.1, -0.05) is 0 Å². The number of hydrogen-bond acceptors (Lipinski definition) is 2. The topological polar surface area (TPSA) is 34.4 Å². The lowest BCUT2D eigenvalue weighted by atomic mass is 10.1. The first-order chi connectivity index (χ1) is 8.58. The highest BCUT2D eigenvalue weighted by Crippen LogP contribution is 2.28. The molecule has 3 nitrogen and oxygen atoms in total. The van der Waals surface area contributed by atoms with Gasteiger partial charge >= 0.3 is 0 Å². The third-order valence-corrected chi connectivity index (χ3v) is 3.26. The summed E-state index contributed by atoms with van der Waals surface area (Å²) in [4.78, 5) is 0. The molecule has 4 heteroatoms. The highest BCUT2D eigenvalue weighted by Gasteiger charge is 2.12. The molecule has 96 valence electrons. The van der Waals surface area contributed by atoms with Gasteiger partial charge in [-0.05, 0) is 36.8 Å². The second-order valence-corrected chi connectivity index (χ2v) is 4.21. The summed E-state index contributed by atoms with van der Waals surface area (Å²) in [5, 5.41) is 9.23. The van der Waals surface area contributed by atoms with Crippen molar-refractivity contribution in [2.24, 2.45) is 7.05 Å². The van der Waals surface area contributed by atoms with Crippen LogP contribution in [-0.4, -0.2) is 16.8 Å². The third-order valence-electron chi connectivity index (χ3n) is 3.26. The van der Waals surface area contributed by atoms with Crippen LogP contribution in [0.15, 0.2) is 24.3 Å². The first kappa shape index (κ1) is 12.6. The maximum atomic E-state index is 13.7. The molecule has 0 saturated heterocycles. The molecule has 0 unspecified atom stereocenters. The number of benzene rings is 1. The second-order valence-electron chi connectivity index (χ2n) is 4.21. The number of methoxy groups -OCH3 is 1. The Hall–Kier alpha value is -1.81. The van der Waals surface area contributed by atoms with E-state index in [0.717, 1.165) is 22.5 Å². The van der Waals surface area contributed by atoms with Crippen molar-refractivity contribution in [3.8, 4) is 17.0 Å². The maximum absolute atomic E-state index is 13.7. The minimum absolute atomic E-state index is 0.0156. The minimum Gasteiger partial charge on any atom is -0.494 e. The van der Waals surface area contributed by atoms with Crippen molar-refractivity contribution in [1.29, 1.82) is 0 Å². The van der Waals surface area contributed by atoms with Crippen molar-refractivity contribution < 1.29 is 14.2 Å². The van der Waals surface area contributed by atoms with Crippen LogP contribution in [0, 0.1) is 12.7 Å². The summed E-state index contributed by atoms with van der Waals surface area (Å²) in [6, 6.07) is 6.72. The molecule has 1 N–H and O–H groups in total. The van der Waals surface area contributed by atoms with Crippen LogP contribution >= 0.6 is 0 Å². The zero-order valence-corrected chi connectivity index (χ0v) is 10.7. The Morgan fingerprint density at radius 2 is 2.06 bits per heavy atom. The molecular formula is C14H16FNO2. The fraction of sp³-hybridized carbons (Fsp3) is 0.286. The molecule has 0 aliphatic heterocycles. The lowest BCUT2D eigenvalue weighted by Crippen LogP contribution is -1.96. The Morgan fingerprint density at radius 1 is 1.33 bits per heavy atom. The Kier molecular flexibility index (Phi) is 3.39. The van der Waals surface area contributed by atoms with Gasteiger partial charge in [-0.3, -0.25) is 0 Å². The Balaban J connectivity index is 2.52. The van der Waals surface area contributed by atoms with Crippen molar-refractivity contribution in [3.63, 3.8) is 0 Å². The molecule has 0 atom stereocenters. The molecule has 0 fully saturated rings. The van der Waals surface area contributed by atoms with Gasteiger partial charge in [0.15, 0.2) is 11.6 Å². The smallest absolute Gasteiger partial charge is 0.165 e. The standard InChI is InChI=1S/C14H16FNO2/c1-9-11(8-17)7-13(16(9)2)10-4-5-14(18-3)12(15)6-10/h4-7,17H,8H2,1-3H3. The average molecular weight is 249 g/mol. The van der Waals surface area contributed by atoms with Crippen LogP contribution in [0.4, 0.5) is 4.39 Å². The van der Waals surface area contributed by atoms with Gasteiger partial charge in [0.05, 0.1) is 13.7 Å². The van der Waals surface area contributed by atoms with Crippen molar-refractivity contribution in [2.45, 2.75) is 13.5 Å². The summed E-state index contributed by atoms with van der Waals surface area (Å²) < 4.78 is 20.5. The van der Waals surface area contributed by atoms with E-state index in [1.807, 2.05) is 24.6 Å². The summed E-state index contributed by atoms with van der Waals surface area (Å²) in [7, 11) is 3.33. The van der Waals surface area contributed by atoms with Crippen LogP contribution in [-0.2, 0) is 13.7 Å². The zero-order chi connectivity index (χ0) is 13.3. The lowest BCUT2D eigenvalue weighted by molar-refractivity contribution is 0.281. The molecule has 2 aromatic rings. The number of nitrogens with zero attached hydrogens (tertiary/aromatic N) is 1. The van der Waals surface area contributed by atoms with Crippen LogP contribution in [0.3, 0.4) is 0 Å². The van der Waals surface area contributed by atoms with E-state index in [2.05, 4.69) is 0 Å². The lowest BCUT2D eigenvalue weighted by Gasteiger charge is -2.07. The summed E-state index contributed by atoms with van der Waals surface area (Å²) in [5.74, 6) is -0.161. The molecule has 0 saturated carbocycles. The summed E-state index contributed by atoms with van der Waals surface area (Å²) in [5.41, 5.74) is 3.46. The van der Waals surface area contributed by atoms with E-state index in [1.165, 1.54) is 13.2 Å². The molecular weight excluding hydrogens is 233 g/mol. The second kappa shape index (κ2) is 4.82. The van der Waals surface area contributed by atoms with E-state index in [1.54, 1.807) is 12.1 Å². The number of aromatic nitrogens is 1. The number of aliphatic hydroxyl groups is 1. The predicted molar refractivity (Wildman–Crippen MR) is 68.0 cm³/mol. The Labute approximate surface area is 105 Å². The molecule has 0 aliphatic carbocycles. The van der Waals surface area contributed by atoms with E-state index in [0.29, 0.717) is 0 Å². The van der Waals surface area contributed by atoms with Gasteiger partial charge in [0.1, 0.15) is 0 Å². The molecule has 0 bridgehead atoms. The fourth-order valence-electron chi connectivity index (χ4n) is 2.03. The highest BCUT2D eigenvalue weighted by atomic mass is 19.1. The van der Waals surface area contributed by atoms with Crippen LogP contribution in [0.2, 0.25) is 0 Å². The molecule has 18 heavy (non-hydrogen) atoms. The first-order valence-electron chi connectivity index (χ1n) is 5.68. The largest absolute Gasteiger partial charge is 0.494 e.